The molecule has 3 N–H and O–H groups in total. The van der Waals surface area contributed by atoms with E-state index in [1.165, 1.54) is 6.07 Å². The van der Waals surface area contributed by atoms with Crippen LogP contribution in [0, 0.1) is 20.8 Å². The highest BCUT2D eigenvalue weighted by atomic mass is 32.2. The van der Waals surface area contributed by atoms with Crippen molar-refractivity contribution < 1.29 is 13.2 Å². The molecule has 0 aliphatic carbocycles. The van der Waals surface area contributed by atoms with E-state index in [1.54, 1.807) is 18.2 Å². The first kappa shape index (κ1) is 16.5. The SMILES string of the molecule is Cc1cc(C)c(NC(=O)[C@H]2Nc3ccccc3S(=O)(=O)N2)c(C)c1. The van der Waals surface area contributed by atoms with Gasteiger partial charge in [0.25, 0.3) is 5.91 Å². The van der Waals surface area contributed by atoms with Gasteiger partial charge in [0.05, 0.1) is 5.69 Å². The van der Waals surface area contributed by atoms with Gasteiger partial charge in [0.2, 0.25) is 10.0 Å². The van der Waals surface area contributed by atoms with E-state index in [1.807, 2.05) is 32.9 Å². The van der Waals surface area contributed by atoms with Crippen LogP contribution in [0.3, 0.4) is 0 Å². The highest BCUT2D eigenvalue weighted by molar-refractivity contribution is 7.89. The number of benzene rings is 2. The maximum Gasteiger partial charge on any atom is 0.262 e. The van der Waals surface area contributed by atoms with Crippen LogP contribution >= 0.6 is 0 Å². The Morgan fingerprint density at radius 3 is 2.38 bits per heavy atom. The van der Waals surface area contributed by atoms with Crippen LogP contribution in [0.4, 0.5) is 11.4 Å². The number of aryl methyl sites for hydroxylation is 3. The Morgan fingerprint density at radius 2 is 1.71 bits per heavy atom. The molecule has 0 bridgehead atoms. The zero-order valence-electron chi connectivity index (χ0n) is 13.7. The van der Waals surface area contributed by atoms with Gasteiger partial charge >= 0.3 is 0 Å². The fourth-order valence-electron chi connectivity index (χ4n) is 2.92. The summed E-state index contributed by atoms with van der Waals surface area (Å²) in [6.07, 6.45) is -1.06. The first-order chi connectivity index (χ1) is 11.3. The standard InChI is InChI=1S/C17H19N3O3S/c1-10-8-11(2)15(12(3)9-10)19-17(21)16-18-13-6-4-5-7-14(13)24(22,23)20-16/h4-9,16,18,20H,1-3H3,(H,19,21)/t16-/m0/s1. The van der Waals surface area contributed by atoms with Gasteiger partial charge in [-0.15, -0.1) is 0 Å². The van der Waals surface area contributed by atoms with E-state index in [0.29, 0.717) is 11.4 Å². The zero-order chi connectivity index (χ0) is 17.5. The van der Waals surface area contributed by atoms with Crippen molar-refractivity contribution in [1.82, 2.24) is 4.72 Å². The van der Waals surface area contributed by atoms with E-state index in [9.17, 15) is 13.2 Å². The molecule has 1 aliphatic rings. The van der Waals surface area contributed by atoms with Crippen LogP contribution in [0.2, 0.25) is 0 Å². The number of carbonyl (C=O) groups excluding carboxylic acids is 1. The fraction of sp³-hybridized carbons (Fsp3) is 0.235. The largest absolute Gasteiger partial charge is 0.360 e. The second-order valence-electron chi connectivity index (χ2n) is 5.96. The summed E-state index contributed by atoms with van der Waals surface area (Å²) in [6.45, 7) is 5.80. The van der Waals surface area contributed by atoms with Gasteiger partial charge in [-0.05, 0) is 44.0 Å². The first-order valence-corrected chi connectivity index (χ1v) is 9.03. The Kier molecular flexibility index (Phi) is 4.06. The van der Waals surface area contributed by atoms with Gasteiger partial charge in [0.1, 0.15) is 4.90 Å². The van der Waals surface area contributed by atoms with Crippen LogP contribution in [0.25, 0.3) is 0 Å². The third-order valence-corrected chi connectivity index (χ3v) is 5.42. The second-order valence-corrected chi connectivity index (χ2v) is 7.64. The lowest BCUT2D eigenvalue weighted by Crippen LogP contribution is -2.51. The van der Waals surface area contributed by atoms with Crippen molar-refractivity contribution >= 4 is 27.3 Å². The van der Waals surface area contributed by atoms with Crippen LogP contribution in [0.15, 0.2) is 41.3 Å². The molecule has 1 amide bonds. The lowest BCUT2D eigenvalue weighted by Gasteiger charge is -2.27. The summed E-state index contributed by atoms with van der Waals surface area (Å²) in [7, 11) is -3.73. The van der Waals surface area contributed by atoms with Crippen LogP contribution in [0.1, 0.15) is 16.7 Å². The van der Waals surface area contributed by atoms with Gasteiger partial charge in [0.15, 0.2) is 6.17 Å². The summed E-state index contributed by atoms with van der Waals surface area (Å²) in [5, 5.41) is 5.74. The number of sulfonamides is 1. The molecule has 6 nitrogen and oxygen atoms in total. The van der Waals surface area contributed by atoms with Gasteiger partial charge in [-0.25, -0.2) is 8.42 Å². The van der Waals surface area contributed by atoms with Crippen LogP contribution < -0.4 is 15.4 Å². The molecular formula is C17H19N3O3S. The molecule has 24 heavy (non-hydrogen) atoms. The van der Waals surface area contributed by atoms with E-state index in [-0.39, 0.29) is 4.90 Å². The minimum Gasteiger partial charge on any atom is -0.360 e. The molecule has 0 fully saturated rings. The predicted molar refractivity (Wildman–Crippen MR) is 93.5 cm³/mol. The average Bonchev–Trinajstić information content (AvgIpc) is 2.50. The second kappa shape index (κ2) is 5.92. The molecule has 1 atom stereocenters. The van der Waals surface area contributed by atoms with Crippen molar-refractivity contribution in [3.8, 4) is 0 Å². The summed E-state index contributed by atoms with van der Waals surface area (Å²) in [5.74, 6) is -0.455. The van der Waals surface area contributed by atoms with E-state index in [2.05, 4.69) is 15.4 Å². The van der Waals surface area contributed by atoms with E-state index < -0.39 is 22.1 Å². The third kappa shape index (κ3) is 3.00. The zero-order valence-corrected chi connectivity index (χ0v) is 14.5. The predicted octanol–water partition coefficient (Wildman–Crippen LogP) is 2.28. The van der Waals surface area contributed by atoms with E-state index in [4.69, 9.17) is 0 Å². The van der Waals surface area contributed by atoms with Crippen molar-refractivity contribution in [2.75, 3.05) is 10.6 Å². The number of fused-ring (bicyclic) bond motifs is 1. The number of rotatable bonds is 2. The maximum atomic E-state index is 12.6. The minimum absolute atomic E-state index is 0.136. The number of nitrogens with one attached hydrogen (secondary N) is 3. The number of anilines is 2. The molecule has 7 heteroatoms. The van der Waals surface area contributed by atoms with Crippen LogP contribution in [-0.4, -0.2) is 20.5 Å². The smallest absolute Gasteiger partial charge is 0.262 e. The Bertz CT molecular complexity index is 899. The number of hydrogen-bond acceptors (Lipinski definition) is 4. The summed E-state index contributed by atoms with van der Waals surface area (Å²) < 4.78 is 26.9. The number of hydrogen-bond donors (Lipinski definition) is 3. The quantitative estimate of drug-likeness (QED) is 0.779. The topological polar surface area (TPSA) is 87.3 Å². The highest BCUT2D eigenvalue weighted by Gasteiger charge is 2.33. The molecule has 0 spiro atoms. The monoisotopic (exact) mass is 345 g/mol. The molecule has 0 aromatic heterocycles. The van der Waals surface area contributed by atoms with Crippen LogP contribution in [-0.2, 0) is 14.8 Å². The average molecular weight is 345 g/mol. The molecule has 0 radical (unpaired) electrons. The molecule has 0 saturated heterocycles. The van der Waals surface area contributed by atoms with Crippen molar-refractivity contribution in [3.05, 3.63) is 53.1 Å². The highest BCUT2D eigenvalue weighted by Crippen LogP contribution is 2.26. The number of carbonyl (C=O) groups is 1. The summed E-state index contributed by atoms with van der Waals surface area (Å²) in [5.41, 5.74) is 4.08. The molecule has 0 saturated carbocycles. The lowest BCUT2D eigenvalue weighted by molar-refractivity contribution is -0.117. The van der Waals surface area contributed by atoms with E-state index >= 15 is 0 Å². The summed E-state index contributed by atoms with van der Waals surface area (Å²) in [6, 6.07) is 10.4. The molecular weight excluding hydrogens is 326 g/mol. The fourth-order valence-corrected chi connectivity index (χ4v) is 4.19. The Balaban J connectivity index is 1.88. The lowest BCUT2D eigenvalue weighted by atomic mass is 10.1. The Morgan fingerprint density at radius 1 is 1.08 bits per heavy atom. The normalized spacial score (nSPS) is 18.4. The first-order valence-electron chi connectivity index (χ1n) is 7.54. The van der Waals surface area contributed by atoms with Crippen molar-refractivity contribution in [2.24, 2.45) is 0 Å². The molecule has 2 aromatic carbocycles. The van der Waals surface area contributed by atoms with Crippen LogP contribution in [0.5, 0.6) is 0 Å². The molecule has 126 valence electrons. The van der Waals surface area contributed by atoms with Gasteiger partial charge in [0, 0.05) is 5.69 Å². The Hall–Kier alpha value is -2.38. The molecule has 1 heterocycles. The van der Waals surface area contributed by atoms with E-state index in [0.717, 1.165) is 16.7 Å². The van der Waals surface area contributed by atoms with Crippen molar-refractivity contribution in [2.45, 2.75) is 31.8 Å². The van der Waals surface area contributed by atoms with Crippen molar-refractivity contribution in [3.63, 3.8) is 0 Å². The van der Waals surface area contributed by atoms with Crippen molar-refractivity contribution in [1.29, 1.82) is 0 Å². The minimum atomic E-state index is -3.73. The number of para-hydroxylation sites is 1. The van der Waals surface area contributed by atoms with Gasteiger partial charge < -0.3 is 10.6 Å². The third-order valence-electron chi connectivity index (χ3n) is 3.94. The number of amides is 1. The van der Waals surface area contributed by atoms with Gasteiger partial charge in [-0.3, -0.25) is 4.79 Å². The molecule has 1 aliphatic heterocycles. The van der Waals surface area contributed by atoms with Gasteiger partial charge in [-0.1, -0.05) is 29.8 Å². The Labute approximate surface area is 141 Å². The summed E-state index contributed by atoms with van der Waals surface area (Å²) in [4.78, 5) is 12.7. The molecule has 3 rings (SSSR count). The summed E-state index contributed by atoms with van der Waals surface area (Å²) >= 11 is 0. The maximum absolute atomic E-state index is 12.6. The molecule has 0 unspecified atom stereocenters. The van der Waals surface area contributed by atoms with Gasteiger partial charge in [-0.2, -0.15) is 4.72 Å². The molecule has 2 aromatic rings.